The molecule has 1 saturated heterocycles. The molecule has 2 aromatic carbocycles. The van der Waals surface area contributed by atoms with Crippen molar-refractivity contribution >= 4 is 50.3 Å². The van der Waals surface area contributed by atoms with Gasteiger partial charge >= 0.3 is 12.5 Å². The van der Waals surface area contributed by atoms with E-state index in [0.29, 0.717) is 32.4 Å². The van der Waals surface area contributed by atoms with Crippen LogP contribution >= 0.6 is 22.9 Å². The molecular formula is C29H24ClF3N6O4S2. The SMILES string of the molecule is COC(=O)c1ccccc1CS(=O)(=O)N[C@H]1CC2=C(c3ccn(C(F)F)n3)[C@H](c3ccc(F)cc3Cl)N=C(c3nccs3)N2C1. The van der Waals surface area contributed by atoms with E-state index >= 15 is 0 Å². The topological polar surface area (TPSA) is 119 Å². The number of esters is 1. The van der Waals surface area contributed by atoms with Crippen LogP contribution in [0.4, 0.5) is 13.2 Å². The zero-order chi connectivity index (χ0) is 31.9. The molecule has 4 aromatic rings. The van der Waals surface area contributed by atoms with Gasteiger partial charge in [-0.05, 0) is 29.8 Å². The smallest absolute Gasteiger partial charge is 0.338 e. The van der Waals surface area contributed by atoms with Crippen molar-refractivity contribution in [2.24, 2.45) is 4.99 Å². The van der Waals surface area contributed by atoms with Crippen LogP contribution in [0, 0.1) is 5.82 Å². The van der Waals surface area contributed by atoms with E-state index in [-0.39, 0.29) is 34.8 Å². The van der Waals surface area contributed by atoms with Gasteiger partial charge in [0, 0.05) is 58.6 Å². The third-order valence-electron chi connectivity index (χ3n) is 7.34. The fourth-order valence-electron chi connectivity index (χ4n) is 5.49. The normalized spacial score (nSPS) is 18.4. The van der Waals surface area contributed by atoms with Gasteiger partial charge in [0.25, 0.3) is 0 Å². The van der Waals surface area contributed by atoms with Crippen molar-refractivity contribution in [3.63, 3.8) is 0 Å². The molecule has 0 aliphatic carbocycles. The number of halogens is 4. The molecule has 6 rings (SSSR count). The molecule has 2 aromatic heterocycles. The minimum atomic E-state index is -4.00. The zero-order valence-electron chi connectivity index (χ0n) is 23.4. The summed E-state index contributed by atoms with van der Waals surface area (Å²) in [7, 11) is -2.79. The number of alkyl halides is 2. The Bertz CT molecular complexity index is 1930. The first-order chi connectivity index (χ1) is 21.5. The lowest BCUT2D eigenvalue weighted by molar-refractivity contribution is 0.0563. The predicted molar refractivity (Wildman–Crippen MR) is 162 cm³/mol. The molecule has 234 valence electrons. The number of nitrogens with zero attached hydrogens (tertiary/aromatic N) is 5. The number of fused-ring (bicyclic) bond motifs is 1. The van der Waals surface area contributed by atoms with Crippen LogP contribution in [0.1, 0.15) is 51.2 Å². The van der Waals surface area contributed by atoms with E-state index in [1.54, 1.807) is 28.6 Å². The van der Waals surface area contributed by atoms with Crippen LogP contribution in [0.3, 0.4) is 0 Å². The number of rotatable bonds is 9. The Morgan fingerprint density at radius 2 is 2.02 bits per heavy atom. The molecule has 2 aliphatic heterocycles. The van der Waals surface area contributed by atoms with Gasteiger partial charge in [-0.25, -0.2) is 32.0 Å². The van der Waals surface area contributed by atoms with Crippen LogP contribution in [0.15, 0.2) is 77.0 Å². The molecule has 0 spiro atoms. The quantitative estimate of drug-likeness (QED) is 0.235. The fourth-order valence-corrected chi connectivity index (χ4v) is 7.81. The molecule has 0 radical (unpaired) electrons. The Balaban J connectivity index is 1.42. The van der Waals surface area contributed by atoms with Gasteiger partial charge in [-0.2, -0.15) is 13.9 Å². The van der Waals surface area contributed by atoms with Gasteiger partial charge in [0.15, 0.2) is 10.8 Å². The number of methoxy groups -OCH3 is 1. The average molecular weight is 677 g/mol. The largest absolute Gasteiger partial charge is 0.465 e. The lowest BCUT2D eigenvalue weighted by Crippen LogP contribution is -2.40. The number of sulfonamides is 1. The van der Waals surface area contributed by atoms with E-state index in [0.717, 1.165) is 12.3 Å². The zero-order valence-corrected chi connectivity index (χ0v) is 25.8. The number of hydrogen-bond donors (Lipinski definition) is 1. The Hall–Kier alpha value is -4.05. The summed E-state index contributed by atoms with van der Waals surface area (Å²) in [4.78, 5) is 23.4. The molecule has 2 atom stereocenters. The molecule has 16 heteroatoms. The molecule has 0 amide bonds. The van der Waals surface area contributed by atoms with Gasteiger partial charge in [-0.1, -0.05) is 35.9 Å². The van der Waals surface area contributed by atoms with E-state index in [1.165, 1.54) is 48.8 Å². The summed E-state index contributed by atoms with van der Waals surface area (Å²) in [6, 6.07) is 9.93. The highest BCUT2D eigenvalue weighted by Crippen LogP contribution is 2.46. The highest BCUT2D eigenvalue weighted by Gasteiger charge is 2.42. The number of thiazole rings is 1. The van der Waals surface area contributed by atoms with E-state index < -0.39 is 46.2 Å². The second kappa shape index (κ2) is 12.4. The van der Waals surface area contributed by atoms with Crippen LogP contribution in [0.5, 0.6) is 0 Å². The molecule has 10 nitrogen and oxygen atoms in total. The summed E-state index contributed by atoms with van der Waals surface area (Å²) in [5.74, 6) is -1.29. The van der Waals surface area contributed by atoms with Gasteiger partial charge in [-0.3, -0.25) is 4.99 Å². The number of aromatic nitrogens is 3. The summed E-state index contributed by atoms with van der Waals surface area (Å²) in [6.07, 6.45) is 2.87. The van der Waals surface area contributed by atoms with Crippen LogP contribution in [-0.4, -0.2) is 59.6 Å². The molecule has 0 bridgehead atoms. The Labute approximate surface area is 264 Å². The third-order valence-corrected chi connectivity index (χ3v) is 9.82. The van der Waals surface area contributed by atoms with E-state index in [9.17, 15) is 26.4 Å². The van der Waals surface area contributed by atoms with Gasteiger partial charge in [-0.15, -0.1) is 11.3 Å². The lowest BCUT2D eigenvalue weighted by atomic mass is 9.92. The van der Waals surface area contributed by atoms with Crippen LogP contribution in [-0.2, 0) is 20.5 Å². The summed E-state index contributed by atoms with van der Waals surface area (Å²) >= 11 is 7.81. The van der Waals surface area contributed by atoms with Gasteiger partial charge in [0.05, 0.1) is 24.1 Å². The Morgan fingerprint density at radius 1 is 1.22 bits per heavy atom. The van der Waals surface area contributed by atoms with E-state index in [4.69, 9.17) is 21.3 Å². The summed E-state index contributed by atoms with van der Waals surface area (Å²) in [5.41, 5.74) is 1.97. The third kappa shape index (κ3) is 6.25. The first-order valence-corrected chi connectivity index (χ1v) is 16.4. The van der Waals surface area contributed by atoms with Gasteiger partial charge in [0.2, 0.25) is 10.0 Å². The van der Waals surface area contributed by atoms with Crippen molar-refractivity contribution in [2.75, 3.05) is 13.7 Å². The van der Waals surface area contributed by atoms with E-state index in [2.05, 4.69) is 14.8 Å². The molecule has 4 heterocycles. The maximum Gasteiger partial charge on any atom is 0.338 e. The molecule has 1 fully saturated rings. The number of aliphatic imine (C=N–C) groups is 1. The van der Waals surface area contributed by atoms with Crippen molar-refractivity contribution in [1.29, 1.82) is 0 Å². The number of carbonyl (C=O) groups is 1. The highest BCUT2D eigenvalue weighted by molar-refractivity contribution is 7.88. The predicted octanol–water partition coefficient (Wildman–Crippen LogP) is 5.42. The number of carbonyl (C=O) groups excluding carboxylic acids is 1. The molecule has 45 heavy (non-hydrogen) atoms. The monoisotopic (exact) mass is 676 g/mol. The molecule has 1 N–H and O–H groups in total. The maximum absolute atomic E-state index is 14.1. The van der Waals surface area contributed by atoms with Crippen LogP contribution in [0.2, 0.25) is 5.02 Å². The van der Waals surface area contributed by atoms with Crippen LogP contribution < -0.4 is 4.72 Å². The standard InChI is InChI=1S/C29H24ClF3N6O4S2/c1-43-28(40)19-5-3-2-4-16(19)15-45(41,42)37-18-13-23-24(22-8-10-39(36-22)29(32)33)25(20-7-6-17(31)12-21(20)30)35-26(38(23)14-18)27-34-9-11-44-27/h2-12,18,25,29,37H,13-15H2,1H3/t18-,25-/m0/s1. The Morgan fingerprint density at radius 3 is 2.71 bits per heavy atom. The van der Waals surface area contributed by atoms with Crippen molar-refractivity contribution in [1.82, 2.24) is 24.4 Å². The van der Waals surface area contributed by atoms with Gasteiger partial charge < -0.3 is 9.64 Å². The second-order valence-electron chi connectivity index (χ2n) is 10.2. The molecule has 0 unspecified atom stereocenters. The summed E-state index contributed by atoms with van der Waals surface area (Å²) < 4.78 is 76.1. The van der Waals surface area contributed by atoms with Gasteiger partial charge in [0.1, 0.15) is 11.9 Å². The second-order valence-corrected chi connectivity index (χ2v) is 13.3. The average Bonchev–Trinajstić information content (AvgIpc) is 3.77. The number of nitrogens with one attached hydrogen (secondary N) is 1. The highest BCUT2D eigenvalue weighted by atomic mass is 35.5. The van der Waals surface area contributed by atoms with Crippen molar-refractivity contribution in [2.45, 2.75) is 30.8 Å². The number of benzene rings is 2. The minimum Gasteiger partial charge on any atom is -0.465 e. The van der Waals surface area contributed by atoms with Crippen molar-refractivity contribution in [3.05, 3.63) is 110 Å². The fraction of sp³-hybridized carbons (Fsp3) is 0.241. The summed E-state index contributed by atoms with van der Waals surface area (Å²) in [5, 5.41) is 6.46. The van der Waals surface area contributed by atoms with Crippen molar-refractivity contribution in [3.8, 4) is 0 Å². The molecule has 2 aliphatic rings. The number of ether oxygens (including phenoxy) is 1. The van der Waals surface area contributed by atoms with Crippen molar-refractivity contribution < 1.29 is 31.1 Å². The number of hydrogen-bond acceptors (Lipinski definition) is 9. The minimum absolute atomic E-state index is 0.0709. The maximum atomic E-state index is 14.1. The molecule has 0 saturated carbocycles. The Kier molecular flexibility index (Phi) is 8.52. The lowest BCUT2D eigenvalue weighted by Gasteiger charge is -2.32. The number of amidine groups is 1. The first kappa shape index (κ1) is 31.0. The summed E-state index contributed by atoms with van der Waals surface area (Å²) in [6.45, 7) is -2.77. The van der Waals surface area contributed by atoms with Crippen LogP contribution in [0.25, 0.3) is 5.57 Å². The first-order valence-electron chi connectivity index (χ1n) is 13.5. The molecular weight excluding hydrogens is 653 g/mol. The van der Waals surface area contributed by atoms with E-state index in [1.807, 2.05) is 0 Å².